The van der Waals surface area contributed by atoms with Gasteiger partial charge in [-0.3, -0.25) is 4.79 Å². The minimum absolute atomic E-state index is 0.0348. The molecule has 0 atom stereocenters. The lowest BCUT2D eigenvalue weighted by molar-refractivity contribution is 0.955. The van der Waals surface area contributed by atoms with E-state index in [1.165, 1.54) is 0 Å². The molecule has 0 aliphatic rings. The summed E-state index contributed by atoms with van der Waals surface area (Å²) in [4.78, 5) is 12.4. The average molecular weight is 314 g/mol. The third-order valence-corrected chi connectivity index (χ3v) is 4.04. The van der Waals surface area contributed by atoms with Gasteiger partial charge in [0.1, 0.15) is 0 Å². The van der Waals surface area contributed by atoms with Crippen LogP contribution in [-0.4, -0.2) is 4.57 Å². The summed E-state index contributed by atoms with van der Waals surface area (Å²) in [7, 11) is 1.98. The number of fused-ring (bicyclic) bond motifs is 1. The molecular formula is C16H12BrNO. The van der Waals surface area contributed by atoms with Crippen molar-refractivity contribution in [2.45, 2.75) is 0 Å². The molecule has 3 rings (SSSR count). The molecule has 0 radical (unpaired) electrons. The van der Waals surface area contributed by atoms with Crippen LogP contribution in [0.2, 0.25) is 0 Å². The van der Waals surface area contributed by atoms with E-state index in [9.17, 15) is 4.79 Å². The fraction of sp³-hybridized carbons (Fsp3) is 0.0625. The van der Waals surface area contributed by atoms with Gasteiger partial charge in [-0.1, -0.05) is 42.5 Å². The summed E-state index contributed by atoms with van der Waals surface area (Å²) in [5.41, 5.74) is 2.91. The lowest BCUT2D eigenvalue weighted by atomic mass is 10.1. The van der Waals surface area contributed by atoms with Crippen molar-refractivity contribution < 1.29 is 0 Å². The Bertz CT molecular complexity index is 806. The first-order valence-electron chi connectivity index (χ1n) is 6.03. The monoisotopic (exact) mass is 313 g/mol. The smallest absolute Gasteiger partial charge is 0.204 e. The molecule has 0 saturated heterocycles. The van der Waals surface area contributed by atoms with Crippen molar-refractivity contribution in [1.29, 1.82) is 0 Å². The number of halogens is 1. The van der Waals surface area contributed by atoms with Crippen molar-refractivity contribution in [1.82, 2.24) is 4.57 Å². The van der Waals surface area contributed by atoms with Crippen LogP contribution in [0, 0.1) is 0 Å². The molecule has 0 unspecified atom stereocenters. The normalized spacial score (nSPS) is 10.8. The lowest BCUT2D eigenvalue weighted by Crippen LogP contribution is -2.11. The molecule has 3 aromatic rings. The number of rotatable bonds is 1. The summed E-state index contributed by atoms with van der Waals surface area (Å²) < 4.78 is 2.66. The molecule has 19 heavy (non-hydrogen) atoms. The van der Waals surface area contributed by atoms with Crippen LogP contribution in [0.3, 0.4) is 0 Å². The first-order valence-corrected chi connectivity index (χ1v) is 6.82. The van der Waals surface area contributed by atoms with Crippen molar-refractivity contribution in [3.63, 3.8) is 0 Å². The number of aryl methyl sites for hydroxylation is 1. The van der Waals surface area contributed by atoms with E-state index >= 15 is 0 Å². The van der Waals surface area contributed by atoms with Gasteiger partial charge in [0.15, 0.2) is 0 Å². The molecule has 0 amide bonds. The molecule has 0 N–H and O–H groups in total. The van der Waals surface area contributed by atoms with Gasteiger partial charge in [-0.05, 0) is 33.6 Å². The van der Waals surface area contributed by atoms with Gasteiger partial charge >= 0.3 is 0 Å². The van der Waals surface area contributed by atoms with Gasteiger partial charge in [0.25, 0.3) is 0 Å². The summed E-state index contributed by atoms with van der Waals surface area (Å²) in [5.74, 6) is 0. The van der Waals surface area contributed by atoms with Crippen LogP contribution < -0.4 is 5.43 Å². The van der Waals surface area contributed by atoms with Gasteiger partial charge in [-0.2, -0.15) is 0 Å². The van der Waals surface area contributed by atoms with Crippen LogP contribution in [0.25, 0.3) is 22.2 Å². The van der Waals surface area contributed by atoms with E-state index in [0.29, 0.717) is 4.47 Å². The quantitative estimate of drug-likeness (QED) is 0.666. The second-order valence-corrected chi connectivity index (χ2v) is 5.23. The summed E-state index contributed by atoms with van der Waals surface area (Å²) in [6.45, 7) is 0. The molecule has 1 heterocycles. The van der Waals surface area contributed by atoms with E-state index in [1.54, 1.807) is 0 Å². The first-order chi connectivity index (χ1) is 9.20. The fourth-order valence-electron chi connectivity index (χ4n) is 2.37. The summed E-state index contributed by atoms with van der Waals surface area (Å²) >= 11 is 3.46. The molecule has 1 aromatic heterocycles. The molecule has 0 aliphatic carbocycles. The molecule has 94 valence electrons. The van der Waals surface area contributed by atoms with E-state index in [2.05, 4.69) is 20.5 Å². The van der Waals surface area contributed by atoms with Crippen LogP contribution in [0.1, 0.15) is 0 Å². The van der Waals surface area contributed by atoms with E-state index < -0.39 is 0 Å². The number of pyridine rings is 1. The average Bonchev–Trinajstić information content (AvgIpc) is 2.46. The Morgan fingerprint density at radius 1 is 0.947 bits per heavy atom. The summed E-state index contributed by atoms with van der Waals surface area (Å²) in [6.07, 6.45) is 0. The minimum Gasteiger partial charge on any atom is -0.342 e. The third-order valence-electron chi connectivity index (χ3n) is 3.30. The Kier molecular flexibility index (Phi) is 2.99. The van der Waals surface area contributed by atoms with Crippen LogP contribution in [0.5, 0.6) is 0 Å². The Morgan fingerprint density at radius 3 is 2.32 bits per heavy atom. The molecule has 0 fully saturated rings. The number of hydrogen-bond acceptors (Lipinski definition) is 1. The Hall–Kier alpha value is -1.87. The van der Waals surface area contributed by atoms with E-state index in [0.717, 1.165) is 22.2 Å². The largest absolute Gasteiger partial charge is 0.342 e. The van der Waals surface area contributed by atoms with Crippen LogP contribution >= 0.6 is 15.9 Å². The number of para-hydroxylation sites is 1. The molecule has 0 aliphatic heterocycles. The first kappa shape index (κ1) is 12.2. The number of benzene rings is 2. The highest BCUT2D eigenvalue weighted by Crippen LogP contribution is 2.28. The van der Waals surface area contributed by atoms with E-state index in [4.69, 9.17) is 0 Å². The van der Waals surface area contributed by atoms with Crippen molar-refractivity contribution in [3.05, 3.63) is 69.3 Å². The minimum atomic E-state index is 0.0348. The number of hydrogen-bond donors (Lipinski definition) is 0. The molecule has 0 bridgehead atoms. The van der Waals surface area contributed by atoms with Crippen LogP contribution in [-0.2, 0) is 7.05 Å². The zero-order valence-corrected chi connectivity index (χ0v) is 12.0. The van der Waals surface area contributed by atoms with E-state index in [1.807, 2.05) is 61.6 Å². The Labute approximate surface area is 119 Å². The molecule has 0 spiro atoms. The maximum absolute atomic E-state index is 12.4. The summed E-state index contributed by atoms with van der Waals surface area (Å²) in [6, 6.07) is 17.6. The van der Waals surface area contributed by atoms with Crippen LogP contribution in [0.15, 0.2) is 63.9 Å². The second-order valence-electron chi connectivity index (χ2n) is 4.43. The molecular weight excluding hydrogens is 302 g/mol. The standard InChI is InChI=1S/C16H12BrNO/c1-18-13-10-6-5-9-12(13)16(19)14(17)15(18)11-7-3-2-4-8-11/h2-10H,1H3. The van der Waals surface area contributed by atoms with Crippen molar-refractivity contribution in [2.24, 2.45) is 7.05 Å². The highest BCUT2D eigenvalue weighted by Gasteiger charge is 2.13. The fourth-order valence-corrected chi connectivity index (χ4v) is 3.08. The predicted molar refractivity (Wildman–Crippen MR) is 82.3 cm³/mol. The molecule has 0 saturated carbocycles. The van der Waals surface area contributed by atoms with E-state index in [-0.39, 0.29) is 5.43 Å². The zero-order chi connectivity index (χ0) is 13.4. The Morgan fingerprint density at radius 2 is 1.58 bits per heavy atom. The van der Waals surface area contributed by atoms with Crippen molar-refractivity contribution >= 4 is 26.8 Å². The maximum atomic E-state index is 12.4. The van der Waals surface area contributed by atoms with Gasteiger partial charge in [0, 0.05) is 12.4 Å². The van der Waals surface area contributed by atoms with Gasteiger partial charge in [0.2, 0.25) is 5.43 Å². The van der Waals surface area contributed by atoms with Crippen molar-refractivity contribution in [3.8, 4) is 11.3 Å². The van der Waals surface area contributed by atoms with Gasteiger partial charge < -0.3 is 4.57 Å². The topological polar surface area (TPSA) is 22.0 Å². The number of aromatic nitrogens is 1. The maximum Gasteiger partial charge on any atom is 0.204 e. The highest BCUT2D eigenvalue weighted by molar-refractivity contribution is 9.10. The van der Waals surface area contributed by atoms with Crippen molar-refractivity contribution in [2.75, 3.05) is 0 Å². The number of nitrogens with zero attached hydrogens (tertiary/aromatic N) is 1. The highest BCUT2D eigenvalue weighted by atomic mass is 79.9. The lowest BCUT2D eigenvalue weighted by Gasteiger charge is -2.14. The molecule has 2 aromatic carbocycles. The third kappa shape index (κ3) is 1.90. The SMILES string of the molecule is Cn1c(-c2ccccc2)c(Br)c(=O)c2ccccc21. The summed E-state index contributed by atoms with van der Waals surface area (Å²) in [5, 5.41) is 0.733. The predicted octanol–water partition coefficient (Wildman–Crippen LogP) is 3.97. The zero-order valence-electron chi connectivity index (χ0n) is 10.4. The van der Waals surface area contributed by atoms with Gasteiger partial charge in [-0.25, -0.2) is 0 Å². The van der Waals surface area contributed by atoms with Gasteiger partial charge in [0.05, 0.1) is 15.7 Å². The second kappa shape index (κ2) is 4.67. The molecule has 3 heteroatoms. The Balaban J connectivity index is 2.48. The molecule has 2 nitrogen and oxygen atoms in total. The van der Waals surface area contributed by atoms with Gasteiger partial charge in [-0.15, -0.1) is 0 Å². The van der Waals surface area contributed by atoms with Crippen LogP contribution in [0.4, 0.5) is 0 Å².